The van der Waals surface area contributed by atoms with Gasteiger partial charge in [-0.15, -0.1) is 5.10 Å². The molecule has 2 heterocycles. The predicted molar refractivity (Wildman–Crippen MR) is 124 cm³/mol. The number of carbonyl (C=O) groups is 1. The summed E-state index contributed by atoms with van der Waals surface area (Å²) in [4.78, 5) is 30.8. The normalized spacial score (nSPS) is 14.9. The van der Waals surface area contributed by atoms with Crippen molar-refractivity contribution in [2.75, 3.05) is 0 Å². The van der Waals surface area contributed by atoms with E-state index >= 15 is 0 Å². The lowest BCUT2D eigenvalue weighted by Crippen LogP contribution is -2.22. The van der Waals surface area contributed by atoms with E-state index in [1.54, 1.807) is 12.1 Å². The van der Waals surface area contributed by atoms with Crippen molar-refractivity contribution in [1.82, 2.24) is 25.4 Å². The molecule has 1 fully saturated rings. The van der Waals surface area contributed by atoms with Crippen LogP contribution >= 0.6 is 0 Å². The minimum Gasteiger partial charge on any atom is -0.490 e. The standard InChI is InChI=1S/C24H23N5O5/c1-13(24(31)32)33-17-8-4-5-14(11-17)15-9-10-18(19(12-15)34-16-6-2-3-7-16)21-25-22-20(23(30)26-21)27-29-28-22/h4-5,8-13,16H,2-3,6-7H2,1H3,(H,31,32)(H2,25,26,27,28,29,30). The minimum absolute atomic E-state index is 0.0874. The van der Waals surface area contributed by atoms with E-state index in [0.29, 0.717) is 28.5 Å². The maximum absolute atomic E-state index is 12.4. The first-order valence-corrected chi connectivity index (χ1v) is 11.1. The molecule has 0 radical (unpaired) electrons. The summed E-state index contributed by atoms with van der Waals surface area (Å²) in [5.41, 5.74) is 2.40. The molecule has 0 amide bonds. The van der Waals surface area contributed by atoms with Crippen molar-refractivity contribution < 1.29 is 19.4 Å². The number of carboxylic acid groups (broad SMARTS) is 1. The van der Waals surface area contributed by atoms with Gasteiger partial charge in [-0.05, 0) is 68.0 Å². The molecule has 1 aliphatic rings. The van der Waals surface area contributed by atoms with Crippen LogP contribution in [0.1, 0.15) is 32.6 Å². The summed E-state index contributed by atoms with van der Waals surface area (Å²) in [6.07, 6.45) is 3.28. The Balaban J connectivity index is 1.55. The van der Waals surface area contributed by atoms with Gasteiger partial charge in [0.1, 0.15) is 17.3 Å². The predicted octanol–water partition coefficient (Wildman–Crippen LogP) is 3.55. The largest absolute Gasteiger partial charge is 0.490 e. The molecule has 3 N–H and O–H groups in total. The molecule has 10 heteroatoms. The van der Waals surface area contributed by atoms with Gasteiger partial charge in [0.25, 0.3) is 5.56 Å². The average molecular weight is 461 g/mol. The van der Waals surface area contributed by atoms with E-state index in [1.807, 2.05) is 30.3 Å². The molecule has 1 aliphatic carbocycles. The number of aliphatic carboxylic acids is 1. The fourth-order valence-corrected chi connectivity index (χ4v) is 4.07. The number of fused-ring (bicyclic) bond motifs is 1. The molecule has 2 aromatic carbocycles. The van der Waals surface area contributed by atoms with Gasteiger partial charge in [-0.1, -0.05) is 23.4 Å². The molecule has 0 aliphatic heterocycles. The fraction of sp³-hybridized carbons (Fsp3) is 0.292. The maximum atomic E-state index is 12.4. The molecule has 34 heavy (non-hydrogen) atoms. The van der Waals surface area contributed by atoms with Crippen molar-refractivity contribution in [2.24, 2.45) is 0 Å². The summed E-state index contributed by atoms with van der Waals surface area (Å²) in [5.74, 6) is 0.380. The van der Waals surface area contributed by atoms with E-state index in [-0.39, 0.29) is 17.2 Å². The summed E-state index contributed by atoms with van der Waals surface area (Å²) in [6.45, 7) is 1.48. The van der Waals surface area contributed by atoms with Gasteiger partial charge in [0.2, 0.25) is 0 Å². The number of benzene rings is 2. The lowest BCUT2D eigenvalue weighted by atomic mass is 10.0. The highest BCUT2D eigenvalue weighted by Gasteiger charge is 2.21. The molecule has 5 rings (SSSR count). The monoisotopic (exact) mass is 461 g/mol. The molecule has 0 bridgehead atoms. The molecule has 10 nitrogen and oxygen atoms in total. The smallest absolute Gasteiger partial charge is 0.344 e. The SMILES string of the molecule is CC(Oc1cccc(-c2ccc(-c3nc4[nH]nnc4c(=O)[nH]3)c(OC3CCCC3)c2)c1)C(=O)O. The Labute approximate surface area is 194 Å². The Morgan fingerprint density at radius 2 is 1.94 bits per heavy atom. The fourth-order valence-electron chi connectivity index (χ4n) is 4.07. The molecular weight excluding hydrogens is 438 g/mol. The second-order valence-electron chi connectivity index (χ2n) is 8.28. The van der Waals surface area contributed by atoms with Crippen molar-refractivity contribution in [2.45, 2.75) is 44.8 Å². The number of aromatic nitrogens is 5. The molecule has 4 aromatic rings. The third-order valence-electron chi connectivity index (χ3n) is 5.86. The van der Waals surface area contributed by atoms with Gasteiger partial charge in [0.15, 0.2) is 17.3 Å². The van der Waals surface area contributed by atoms with Crippen LogP contribution in [0, 0.1) is 0 Å². The van der Waals surface area contributed by atoms with E-state index < -0.39 is 12.1 Å². The zero-order valence-corrected chi connectivity index (χ0v) is 18.4. The second kappa shape index (κ2) is 8.97. The third kappa shape index (κ3) is 4.34. The average Bonchev–Trinajstić information content (AvgIpc) is 3.51. The number of H-pyrrole nitrogens is 2. The van der Waals surface area contributed by atoms with E-state index in [0.717, 1.165) is 36.8 Å². The van der Waals surface area contributed by atoms with Gasteiger partial charge in [-0.25, -0.2) is 14.9 Å². The van der Waals surface area contributed by atoms with E-state index in [9.17, 15) is 9.59 Å². The summed E-state index contributed by atoms with van der Waals surface area (Å²) in [7, 11) is 0. The highest BCUT2D eigenvalue weighted by atomic mass is 16.5. The van der Waals surface area contributed by atoms with Crippen LogP contribution in [-0.2, 0) is 4.79 Å². The van der Waals surface area contributed by atoms with Crippen molar-refractivity contribution >= 4 is 17.1 Å². The summed E-state index contributed by atoms with van der Waals surface area (Å²) in [5, 5.41) is 19.2. The Morgan fingerprint density at radius 1 is 1.15 bits per heavy atom. The van der Waals surface area contributed by atoms with Gasteiger partial charge < -0.3 is 19.6 Å². The summed E-state index contributed by atoms with van der Waals surface area (Å²) in [6, 6.07) is 12.9. The van der Waals surface area contributed by atoms with Gasteiger partial charge in [0.05, 0.1) is 11.7 Å². The quantitative estimate of drug-likeness (QED) is 0.379. The Morgan fingerprint density at radius 3 is 2.74 bits per heavy atom. The summed E-state index contributed by atoms with van der Waals surface area (Å²) < 4.78 is 11.9. The van der Waals surface area contributed by atoms with Crippen LogP contribution in [0.3, 0.4) is 0 Å². The number of aromatic amines is 2. The van der Waals surface area contributed by atoms with Crippen molar-refractivity contribution in [3.63, 3.8) is 0 Å². The first-order valence-electron chi connectivity index (χ1n) is 11.1. The molecule has 2 aromatic heterocycles. The third-order valence-corrected chi connectivity index (χ3v) is 5.86. The number of nitrogens with one attached hydrogen (secondary N) is 2. The lowest BCUT2D eigenvalue weighted by Gasteiger charge is -2.18. The van der Waals surface area contributed by atoms with Crippen LogP contribution < -0.4 is 15.0 Å². The van der Waals surface area contributed by atoms with Gasteiger partial charge >= 0.3 is 5.97 Å². The van der Waals surface area contributed by atoms with Crippen LogP contribution in [0.25, 0.3) is 33.7 Å². The van der Waals surface area contributed by atoms with Crippen LogP contribution in [-0.4, -0.2) is 48.7 Å². The number of rotatable bonds is 7. The van der Waals surface area contributed by atoms with E-state index in [2.05, 4.69) is 25.4 Å². The molecule has 1 unspecified atom stereocenters. The van der Waals surface area contributed by atoms with Crippen LogP contribution in [0.4, 0.5) is 0 Å². The number of ether oxygens (including phenoxy) is 2. The van der Waals surface area contributed by atoms with Crippen molar-refractivity contribution in [3.05, 3.63) is 52.8 Å². The Kier molecular flexibility index (Phi) is 5.70. The second-order valence-corrected chi connectivity index (χ2v) is 8.28. The molecule has 174 valence electrons. The number of nitrogens with zero attached hydrogens (tertiary/aromatic N) is 3. The number of carboxylic acids is 1. The van der Waals surface area contributed by atoms with E-state index in [4.69, 9.17) is 14.6 Å². The zero-order chi connectivity index (χ0) is 23.7. The minimum atomic E-state index is -1.03. The molecule has 0 spiro atoms. The van der Waals surface area contributed by atoms with Gasteiger partial charge in [-0.2, -0.15) is 0 Å². The Hall–Kier alpha value is -4.21. The molecule has 0 saturated heterocycles. The van der Waals surface area contributed by atoms with Crippen molar-refractivity contribution in [3.8, 4) is 34.0 Å². The first-order chi connectivity index (χ1) is 16.5. The number of hydrogen-bond acceptors (Lipinski definition) is 7. The summed E-state index contributed by atoms with van der Waals surface area (Å²) >= 11 is 0. The van der Waals surface area contributed by atoms with Crippen molar-refractivity contribution in [1.29, 1.82) is 0 Å². The number of hydrogen-bond donors (Lipinski definition) is 3. The molecule has 1 atom stereocenters. The highest BCUT2D eigenvalue weighted by molar-refractivity contribution is 5.77. The molecule has 1 saturated carbocycles. The van der Waals surface area contributed by atoms with Gasteiger partial charge in [0, 0.05) is 0 Å². The molecular formula is C24H23N5O5. The van der Waals surface area contributed by atoms with Crippen LogP contribution in [0.5, 0.6) is 11.5 Å². The topological polar surface area (TPSA) is 143 Å². The van der Waals surface area contributed by atoms with Gasteiger partial charge in [-0.3, -0.25) is 4.79 Å². The first kappa shape index (κ1) is 21.6. The Bertz CT molecular complexity index is 1410. The lowest BCUT2D eigenvalue weighted by molar-refractivity contribution is -0.144. The zero-order valence-electron chi connectivity index (χ0n) is 18.4. The van der Waals surface area contributed by atoms with Crippen LogP contribution in [0.15, 0.2) is 47.3 Å². The maximum Gasteiger partial charge on any atom is 0.344 e. The highest BCUT2D eigenvalue weighted by Crippen LogP contribution is 2.36. The van der Waals surface area contributed by atoms with E-state index in [1.165, 1.54) is 6.92 Å². The van der Waals surface area contributed by atoms with Crippen LogP contribution in [0.2, 0.25) is 0 Å².